The topological polar surface area (TPSA) is 76.1 Å². The summed E-state index contributed by atoms with van der Waals surface area (Å²) in [5.74, 6) is -0.762. The van der Waals surface area contributed by atoms with E-state index < -0.39 is 38.3 Å². The molecule has 0 saturated heterocycles. The number of benzene rings is 1. The number of amides is 1. The Bertz CT molecular complexity index is 1000. The summed E-state index contributed by atoms with van der Waals surface area (Å²) in [6.45, 7) is 0. The highest BCUT2D eigenvalue weighted by Gasteiger charge is 2.38. The number of nitrogens with zero attached hydrogens (tertiary/aromatic N) is 1. The van der Waals surface area contributed by atoms with Crippen molar-refractivity contribution in [3.8, 4) is 0 Å². The van der Waals surface area contributed by atoms with Crippen molar-refractivity contribution in [3.05, 3.63) is 53.7 Å². The molecule has 1 aromatic heterocycles. The fourth-order valence-corrected chi connectivity index (χ4v) is 4.82. The van der Waals surface area contributed by atoms with E-state index in [2.05, 4.69) is 10.3 Å². The molecule has 0 aliphatic heterocycles. The number of aromatic nitrogens is 1. The lowest BCUT2D eigenvalue weighted by Gasteiger charge is -2.22. The number of carbonyl (C=O) groups is 1. The Hall–Kier alpha value is -2.42. The lowest BCUT2D eigenvalue weighted by atomic mass is 9.86. The van der Waals surface area contributed by atoms with Gasteiger partial charge >= 0.3 is 6.18 Å². The molecule has 1 amide bonds. The Kier molecular flexibility index (Phi) is 7.86. The van der Waals surface area contributed by atoms with Crippen LogP contribution >= 0.6 is 0 Å². The Labute approximate surface area is 181 Å². The molecule has 0 spiro atoms. The Morgan fingerprint density at radius 3 is 2.42 bits per heavy atom. The highest BCUT2D eigenvalue weighted by Crippen LogP contribution is 2.39. The van der Waals surface area contributed by atoms with Crippen molar-refractivity contribution in [2.75, 3.05) is 11.6 Å². The van der Waals surface area contributed by atoms with E-state index >= 15 is 0 Å². The summed E-state index contributed by atoms with van der Waals surface area (Å²) >= 11 is 0. The summed E-state index contributed by atoms with van der Waals surface area (Å²) < 4.78 is 64.5. The molecule has 1 heterocycles. The molecule has 2 aromatic rings. The zero-order valence-electron chi connectivity index (χ0n) is 16.4. The van der Waals surface area contributed by atoms with Crippen LogP contribution < -0.4 is 5.32 Å². The molecule has 1 saturated carbocycles. The van der Waals surface area contributed by atoms with Crippen molar-refractivity contribution in [1.29, 1.82) is 0 Å². The van der Waals surface area contributed by atoms with Crippen LogP contribution in [0.2, 0.25) is 0 Å². The molecule has 0 radical (unpaired) electrons. The molecule has 1 fully saturated rings. The average molecular weight is 457 g/mol. The number of halogens is 3. The third kappa shape index (κ3) is 6.29. The second-order valence-corrected chi connectivity index (χ2v) is 9.65. The van der Waals surface area contributed by atoms with E-state index in [0.717, 1.165) is 44.1 Å². The molecule has 9 heteroatoms. The Morgan fingerprint density at radius 2 is 1.87 bits per heavy atom. The predicted molar refractivity (Wildman–Crippen MR) is 113 cm³/mol. The van der Waals surface area contributed by atoms with E-state index in [-0.39, 0.29) is 18.9 Å². The van der Waals surface area contributed by atoms with Crippen molar-refractivity contribution in [2.24, 2.45) is 5.92 Å². The number of nitrogens with one attached hydrogen (secondary N) is 1. The number of sulfone groups is 1. The zero-order valence-corrected chi connectivity index (χ0v) is 17.3. The molecule has 1 aliphatic carbocycles. The van der Waals surface area contributed by atoms with Gasteiger partial charge in [0.1, 0.15) is 5.82 Å². The summed E-state index contributed by atoms with van der Waals surface area (Å²) in [7, 11) is -4.08. The third-order valence-corrected chi connectivity index (χ3v) is 6.54. The smallest absolute Gasteiger partial charge is 0.310 e. The van der Waals surface area contributed by atoms with Crippen LogP contribution in [0.1, 0.15) is 56.6 Å². The molecule has 1 atom stereocenters. The van der Waals surface area contributed by atoms with Crippen LogP contribution in [-0.2, 0) is 20.8 Å². The van der Waals surface area contributed by atoms with Gasteiger partial charge in [-0.1, -0.05) is 45.2 Å². The number of anilines is 1. The number of pyridine rings is 1. The summed E-state index contributed by atoms with van der Waals surface area (Å²) in [6.07, 6.45) is 1.67. The second kappa shape index (κ2) is 9.80. The molecular formula is C22H27F3N2O3S. The Balaban J connectivity index is 0.00000341. The third-order valence-electron chi connectivity index (χ3n) is 5.39. The van der Waals surface area contributed by atoms with Gasteiger partial charge in [-0.05, 0) is 42.2 Å². The van der Waals surface area contributed by atoms with Crippen LogP contribution in [0.25, 0.3) is 0 Å². The molecule has 5 nitrogen and oxygen atoms in total. The minimum atomic E-state index is -4.86. The Morgan fingerprint density at radius 1 is 1.19 bits per heavy atom. The van der Waals surface area contributed by atoms with E-state index in [1.165, 1.54) is 12.3 Å². The van der Waals surface area contributed by atoms with Gasteiger partial charge in [0.15, 0.2) is 9.84 Å². The standard InChI is InChI=1S/C21H23F3N2O3S.CH4/c1-30(28,29)18-10-9-15(13-17(18)21(22,23)24)16(12-14-6-2-3-7-14)20(27)26-19-8-4-5-11-25-19;/h4-5,8-11,13-14,16H,2-3,6-7,12H2,1H3,(H,25,26,27);1H4. The first-order valence-electron chi connectivity index (χ1n) is 9.69. The number of hydrogen-bond donors (Lipinski definition) is 1. The van der Waals surface area contributed by atoms with Crippen LogP contribution in [-0.4, -0.2) is 25.6 Å². The zero-order chi connectivity index (χ0) is 21.9. The van der Waals surface area contributed by atoms with Gasteiger partial charge in [-0.2, -0.15) is 13.2 Å². The number of rotatable bonds is 6. The van der Waals surface area contributed by atoms with E-state index in [1.54, 1.807) is 18.2 Å². The molecule has 1 N–H and O–H groups in total. The first kappa shape index (κ1) is 24.8. The van der Waals surface area contributed by atoms with Crippen molar-refractivity contribution in [2.45, 2.75) is 56.5 Å². The van der Waals surface area contributed by atoms with Gasteiger partial charge in [-0.25, -0.2) is 13.4 Å². The van der Waals surface area contributed by atoms with E-state index in [4.69, 9.17) is 0 Å². The fraction of sp³-hybridized carbons (Fsp3) is 0.455. The normalized spacial score (nSPS) is 15.9. The van der Waals surface area contributed by atoms with E-state index in [9.17, 15) is 26.4 Å². The minimum Gasteiger partial charge on any atom is -0.310 e. The lowest BCUT2D eigenvalue weighted by molar-refractivity contribution is -0.140. The van der Waals surface area contributed by atoms with Crippen molar-refractivity contribution < 1.29 is 26.4 Å². The molecule has 0 bridgehead atoms. The highest BCUT2D eigenvalue weighted by molar-refractivity contribution is 7.90. The SMILES string of the molecule is C.CS(=O)(=O)c1ccc(C(CC2CCCC2)C(=O)Nc2ccccn2)cc1C(F)(F)F. The molecule has 31 heavy (non-hydrogen) atoms. The maximum Gasteiger partial charge on any atom is 0.417 e. The van der Waals surface area contributed by atoms with E-state index in [1.807, 2.05) is 0 Å². The van der Waals surface area contributed by atoms with Gasteiger partial charge in [-0.15, -0.1) is 0 Å². The average Bonchev–Trinajstić information content (AvgIpc) is 3.18. The van der Waals surface area contributed by atoms with Gasteiger partial charge in [0.25, 0.3) is 0 Å². The monoisotopic (exact) mass is 456 g/mol. The quantitative estimate of drug-likeness (QED) is 0.628. The maximum atomic E-state index is 13.6. The largest absolute Gasteiger partial charge is 0.417 e. The van der Waals surface area contributed by atoms with Crippen LogP contribution in [0.5, 0.6) is 0 Å². The van der Waals surface area contributed by atoms with Crippen molar-refractivity contribution in [3.63, 3.8) is 0 Å². The van der Waals surface area contributed by atoms with Crippen LogP contribution in [0.15, 0.2) is 47.5 Å². The number of hydrogen-bond acceptors (Lipinski definition) is 4. The summed E-state index contributed by atoms with van der Waals surface area (Å²) in [5, 5.41) is 2.67. The van der Waals surface area contributed by atoms with Crippen LogP contribution in [0.4, 0.5) is 19.0 Å². The van der Waals surface area contributed by atoms with Gasteiger partial charge in [-0.3, -0.25) is 4.79 Å². The van der Waals surface area contributed by atoms with Crippen molar-refractivity contribution in [1.82, 2.24) is 4.98 Å². The molecule has 1 unspecified atom stereocenters. The van der Waals surface area contributed by atoms with Gasteiger partial charge in [0, 0.05) is 12.5 Å². The fourth-order valence-electron chi connectivity index (χ4n) is 3.93. The number of carbonyl (C=O) groups excluding carboxylic acids is 1. The first-order chi connectivity index (χ1) is 14.1. The summed E-state index contributed by atoms with van der Waals surface area (Å²) in [4.78, 5) is 16.2. The highest BCUT2D eigenvalue weighted by atomic mass is 32.2. The van der Waals surface area contributed by atoms with Crippen LogP contribution in [0, 0.1) is 5.92 Å². The second-order valence-electron chi connectivity index (χ2n) is 7.67. The van der Waals surface area contributed by atoms with Crippen molar-refractivity contribution >= 4 is 21.6 Å². The summed E-state index contributed by atoms with van der Waals surface area (Å²) in [5.41, 5.74) is -1.10. The minimum absolute atomic E-state index is 0. The molecule has 170 valence electrons. The van der Waals surface area contributed by atoms with Gasteiger partial charge in [0.05, 0.1) is 16.4 Å². The predicted octanol–water partition coefficient (Wildman–Crippen LogP) is 5.44. The van der Waals surface area contributed by atoms with E-state index in [0.29, 0.717) is 12.2 Å². The molecule has 3 rings (SSSR count). The maximum absolute atomic E-state index is 13.6. The number of alkyl halides is 3. The first-order valence-corrected chi connectivity index (χ1v) is 11.6. The molecular weight excluding hydrogens is 429 g/mol. The van der Waals surface area contributed by atoms with Gasteiger partial charge < -0.3 is 5.32 Å². The lowest BCUT2D eigenvalue weighted by Crippen LogP contribution is -2.24. The molecule has 1 aliphatic rings. The summed E-state index contributed by atoms with van der Waals surface area (Å²) in [6, 6.07) is 8.03. The van der Waals surface area contributed by atoms with Crippen LogP contribution in [0.3, 0.4) is 0 Å². The van der Waals surface area contributed by atoms with Gasteiger partial charge in [0.2, 0.25) is 5.91 Å². The molecule has 1 aromatic carbocycles.